The predicted octanol–water partition coefficient (Wildman–Crippen LogP) is 3.36. The SMILES string of the molecule is Bc1cccc(C/C=C/C2C(C)CC3CC4CC2CC34)c1. The third kappa shape index (κ3) is 2.49. The monoisotopic (exact) mass is 278 g/mol. The van der Waals surface area contributed by atoms with Gasteiger partial charge >= 0.3 is 0 Å². The number of allylic oxidation sites excluding steroid dienone is 2. The molecule has 3 aliphatic rings. The topological polar surface area (TPSA) is 0 Å². The molecule has 0 N–H and O–H groups in total. The summed E-state index contributed by atoms with van der Waals surface area (Å²) in [5, 5.41) is 0. The molecule has 0 heterocycles. The molecule has 1 heteroatoms. The summed E-state index contributed by atoms with van der Waals surface area (Å²) in [6, 6.07) is 8.95. The van der Waals surface area contributed by atoms with E-state index >= 15 is 0 Å². The van der Waals surface area contributed by atoms with Gasteiger partial charge in [0.1, 0.15) is 7.85 Å². The zero-order valence-corrected chi connectivity index (χ0v) is 13.5. The number of benzene rings is 1. The average Bonchev–Trinajstić information content (AvgIpc) is 2.73. The first-order chi connectivity index (χ1) is 10.2. The standard InChI is InChI=1S/C20H27B/c1-13-8-15-10-16-11-17(12-20(15)16)19(13)7-3-5-14-4-2-6-18(21)9-14/h2-4,6-7,9,13,15-17,19-20H,5,8,10-12,21H2,1H3/b7-3+. The average molecular weight is 278 g/mol. The maximum Gasteiger partial charge on any atom is 0.139 e. The van der Waals surface area contributed by atoms with Crippen molar-refractivity contribution in [2.24, 2.45) is 35.5 Å². The van der Waals surface area contributed by atoms with E-state index < -0.39 is 0 Å². The van der Waals surface area contributed by atoms with E-state index in [1.54, 1.807) is 12.8 Å². The van der Waals surface area contributed by atoms with Gasteiger partial charge in [0.25, 0.3) is 0 Å². The van der Waals surface area contributed by atoms with E-state index in [-0.39, 0.29) is 0 Å². The Bertz CT molecular complexity index is 547. The summed E-state index contributed by atoms with van der Waals surface area (Å²) < 4.78 is 0. The second-order valence-electron chi connectivity index (χ2n) is 8.06. The first-order valence-electron chi connectivity index (χ1n) is 8.93. The van der Waals surface area contributed by atoms with Gasteiger partial charge in [0.2, 0.25) is 0 Å². The molecule has 4 rings (SSSR count). The Balaban J connectivity index is 1.44. The largest absolute Gasteiger partial charge is 0.139 e. The Morgan fingerprint density at radius 3 is 2.76 bits per heavy atom. The molecule has 1 aromatic carbocycles. The highest BCUT2D eigenvalue weighted by Gasteiger charge is 2.52. The third-order valence-electron chi connectivity index (χ3n) is 6.67. The lowest BCUT2D eigenvalue weighted by atomic mass is 9.62. The van der Waals surface area contributed by atoms with Crippen LogP contribution < -0.4 is 5.46 Å². The van der Waals surface area contributed by atoms with Crippen LogP contribution in [0.15, 0.2) is 36.4 Å². The van der Waals surface area contributed by atoms with Crippen LogP contribution in [0.25, 0.3) is 0 Å². The van der Waals surface area contributed by atoms with Crippen LogP contribution in [0.4, 0.5) is 0 Å². The van der Waals surface area contributed by atoms with Crippen molar-refractivity contribution in [3.63, 3.8) is 0 Å². The van der Waals surface area contributed by atoms with E-state index in [0.717, 1.165) is 41.9 Å². The smallest absolute Gasteiger partial charge is 0.0887 e. The minimum atomic E-state index is 0.854. The second-order valence-corrected chi connectivity index (χ2v) is 8.06. The van der Waals surface area contributed by atoms with E-state index in [0.29, 0.717) is 0 Å². The van der Waals surface area contributed by atoms with Gasteiger partial charge in [0, 0.05) is 0 Å². The molecule has 0 amide bonds. The van der Waals surface area contributed by atoms with Crippen molar-refractivity contribution in [1.29, 1.82) is 0 Å². The van der Waals surface area contributed by atoms with Gasteiger partial charge in [-0.15, -0.1) is 0 Å². The first kappa shape index (κ1) is 13.7. The van der Waals surface area contributed by atoms with Crippen LogP contribution in [0.1, 0.15) is 38.2 Å². The Morgan fingerprint density at radius 2 is 1.90 bits per heavy atom. The normalized spacial score (nSPS) is 41.0. The quantitative estimate of drug-likeness (QED) is 0.587. The van der Waals surface area contributed by atoms with Gasteiger partial charge in [-0.1, -0.05) is 48.8 Å². The molecule has 0 aromatic heterocycles. The first-order valence-corrected chi connectivity index (χ1v) is 8.93. The van der Waals surface area contributed by atoms with Crippen LogP contribution in [0.3, 0.4) is 0 Å². The van der Waals surface area contributed by atoms with Crippen LogP contribution in [-0.2, 0) is 6.42 Å². The lowest BCUT2D eigenvalue weighted by Crippen LogP contribution is -2.34. The molecule has 2 bridgehead atoms. The van der Waals surface area contributed by atoms with Crippen molar-refractivity contribution < 1.29 is 0 Å². The lowest BCUT2D eigenvalue weighted by molar-refractivity contribution is 0.0723. The minimum absolute atomic E-state index is 0.854. The fraction of sp³-hybridized carbons (Fsp3) is 0.600. The number of rotatable bonds is 3. The molecule has 3 aliphatic carbocycles. The fourth-order valence-corrected chi connectivity index (χ4v) is 5.65. The summed E-state index contributed by atoms with van der Waals surface area (Å²) in [4.78, 5) is 0. The molecule has 0 radical (unpaired) electrons. The summed E-state index contributed by atoms with van der Waals surface area (Å²) >= 11 is 0. The van der Waals surface area contributed by atoms with Crippen molar-refractivity contribution in [3.05, 3.63) is 42.0 Å². The van der Waals surface area contributed by atoms with Gasteiger partial charge in [-0.2, -0.15) is 0 Å². The summed E-state index contributed by atoms with van der Waals surface area (Å²) in [5.41, 5.74) is 2.84. The molecule has 110 valence electrons. The van der Waals surface area contributed by atoms with Gasteiger partial charge in [-0.3, -0.25) is 0 Å². The van der Waals surface area contributed by atoms with Gasteiger partial charge in [0.05, 0.1) is 0 Å². The molecular weight excluding hydrogens is 251 g/mol. The molecule has 6 unspecified atom stereocenters. The molecule has 1 aromatic rings. The van der Waals surface area contributed by atoms with Crippen molar-refractivity contribution in [1.82, 2.24) is 0 Å². The van der Waals surface area contributed by atoms with Crippen molar-refractivity contribution >= 4 is 13.3 Å². The highest BCUT2D eigenvalue weighted by Crippen LogP contribution is 2.61. The molecule has 0 spiro atoms. The van der Waals surface area contributed by atoms with Gasteiger partial charge in [-0.25, -0.2) is 0 Å². The van der Waals surface area contributed by atoms with Crippen molar-refractivity contribution in [2.75, 3.05) is 0 Å². The van der Waals surface area contributed by atoms with Crippen LogP contribution >= 0.6 is 0 Å². The van der Waals surface area contributed by atoms with Gasteiger partial charge < -0.3 is 0 Å². The summed E-state index contributed by atoms with van der Waals surface area (Å²) in [5.74, 6) is 6.07. The Morgan fingerprint density at radius 1 is 1.10 bits per heavy atom. The van der Waals surface area contributed by atoms with Gasteiger partial charge in [0.15, 0.2) is 0 Å². The summed E-state index contributed by atoms with van der Waals surface area (Å²) in [6.07, 6.45) is 12.3. The van der Waals surface area contributed by atoms with E-state index in [1.165, 1.54) is 23.9 Å². The number of hydrogen-bond acceptors (Lipinski definition) is 0. The second kappa shape index (κ2) is 5.34. The van der Waals surface area contributed by atoms with E-state index in [4.69, 9.17) is 0 Å². The maximum atomic E-state index is 2.59. The van der Waals surface area contributed by atoms with E-state index in [2.05, 4.69) is 51.2 Å². The molecule has 21 heavy (non-hydrogen) atoms. The molecular formula is C20H27B. The predicted molar refractivity (Wildman–Crippen MR) is 92.5 cm³/mol. The Hall–Kier alpha value is -0.975. The number of fused-ring (bicyclic) bond motifs is 1. The minimum Gasteiger partial charge on any atom is -0.0887 e. The molecule has 3 saturated carbocycles. The van der Waals surface area contributed by atoms with Crippen molar-refractivity contribution in [3.8, 4) is 0 Å². The van der Waals surface area contributed by atoms with Crippen LogP contribution in [0.2, 0.25) is 0 Å². The summed E-state index contributed by atoms with van der Waals surface area (Å²) in [6.45, 7) is 2.51. The highest BCUT2D eigenvalue weighted by molar-refractivity contribution is 6.32. The van der Waals surface area contributed by atoms with E-state index in [9.17, 15) is 0 Å². The third-order valence-corrected chi connectivity index (χ3v) is 6.67. The molecule has 6 atom stereocenters. The molecule has 0 saturated heterocycles. The Kier molecular flexibility index (Phi) is 3.48. The van der Waals surface area contributed by atoms with E-state index in [1.807, 2.05) is 0 Å². The fourth-order valence-electron chi connectivity index (χ4n) is 5.65. The molecule has 3 fully saturated rings. The Labute approximate surface area is 130 Å². The zero-order chi connectivity index (χ0) is 14.4. The van der Waals surface area contributed by atoms with Crippen LogP contribution in [0, 0.1) is 35.5 Å². The highest BCUT2D eigenvalue weighted by atomic mass is 14.6. The molecule has 0 aliphatic heterocycles. The maximum absolute atomic E-state index is 2.59. The van der Waals surface area contributed by atoms with Crippen LogP contribution in [0.5, 0.6) is 0 Å². The molecule has 0 nitrogen and oxygen atoms in total. The van der Waals surface area contributed by atoms with Crippen molar-refractivity contribution in [2.45, 2.75) is 39.0 Å². The van der Waals surface area contributed by atoms with Gasteiger partial charge in [-0.05, 0) is 73.2 Å². The van der Waals surface area contributed by atoms with Crippen LogP contribution in [-0.4, -0.2) is 7.85 Å². The zero-order valence-electron chi connectivity index (χ0n) is 13.5. The summed E-state index contributed by atoms with van der Waals surface area (Å²) in [7, 11) is 2.19. The lowest BCUT2D eigenvalue weighted by Gasteiger charge is -2.43. The number of hydrogen-bond donors (Lipinski definition) is 0.